The first kappa shape index (κ1) is 16.8. The average Bonchev–Trinajstić information content (AvgIpc) is 3.04. The van der Waals surface area contributed by atoms with Crippen molar-refractivity contribution >= 4 is 21.8 Å². The molecule has 1 amide bonds. The molecule has 1 saturated carbocycles. The molecule has 128 valence electrons. The van der Waals surface area contributed by atoms with Gasteiger partial charge in [0.15, 0.2) is 5.69 Å². The van der Waals surface area contributed by atoms with Crippen molar-refractivity contribution in [3.05, 3.63) is 15.9 Å². The third-order valence-corrected chi connectivity index (χ3v) is 4.79. The fraction of sp³-hybridized carbons (Fsp3) is 0.714. The van der Waals surface area contributed by atoms with Gasteiger partial charge >= 0.3 is 6.18 Å². The Morgan fingerprint density at radius 1 is 1.39 bits per heavy atom. The second kappa shape index (κ2) is 6.43. The highest BCUT2D eigenvalue weighted by molar-refractivity contribution is 9.10. The van der Waals surface area contributed by atoms with Gasteiger partial charge in [0.25, 0.3) is 0 Å². The summed E-state index contributed by atoms with van der Waals surface area (Å²) in [5, 5.41) is 6.32. The van der Waals surface area contributed by atoms with Crippen LogP contribution in [0.4, 0.5) is 13.2 Å². The maximum atomic E-state index is 13.0. The fourth-order valence-electron chi connectivity index (χ4n) is 2.73. The van der Waals surface area contributed by atoms with Gasteiger partial charge in [0.05, 0.1) is 16.3 Å². The number of rotatable bonds is 5. The lowest BCUT2D eigenvalue weighted by atomic mass is 10.2. The lowest BCUT2D eigenvalue weighted by Gasteiger charge is -2.12. The second-order valence-corrected chi connectivity index (χ2v) is 6.71. The Morgan fingerprint density at radius 2 is 2.13 bits per heavy atom. The van der Waals surface area contributed by atoms with Crippen molar-refractivity contribution in [2.24, 2.45) is 0 Å². The van der Waals surface area contributed by atoms with Gasteiger partial charge < -0.3 is 10.1 Å². The number of halogens is 4. The molecule has 2 heterocycles. The molecule has 1 N–H and O–H groups in total. The molecule has 1 aromatic heterocycles. The van der Waals surface area contributed by atoms with Crippen LogP contribution >= 0.6 is 15.9 Å². The molecule has 1 saturated heterocycles. The van der Waals surface area contributed by atoms with E-state index in [9.17, 15) is 18.0 Å². The summed E-state index contributed by atoms with van der Waals surface area (Å²) >= 11 is 3.01. The topological polar surface area (TPSA) is 56.2 Å². The van der Waals surface area contributed by atoms with Gasteiger partial charge in [0.2, 0.25) is 5.91 Å². The summed E-state index contributed by atoms with van der Waals surface area (Å²) in [6.45, 7) is 0.854. The van der Waals surface area contributed by atoms with Crippen molar-refractivity contribution in [1.82, 2.24) is 15.1 Å². The minimum atomic E-state index is -4.54. The minimum absolute atomic E-state index is 0.00283. The predicted octanol–water partition coefficient (Wildman–Crippen LogP) is 2.84. The van der Waals surface area contributed by atoms with Crippen LogP contribution in [0.15, 0.2) is 4.47 Å². The van der Waals surface area contributed by atoms with Crippen molar-refractivity contribution in [1.29, 1.82) is 0 Å². The largest absolute Gasteiger partial charge is 0.436 e. The summed E-state index contributed by atoms with van der Waals surface area (Å²) in [5.41, 5.74) is -0.504. The Balaban J connectivity index is 1.69. The zero-order valence-electron chi connectivity index (χ0n) is 12.3. The van der Waals surface area contributed by atoms with Crippen LogP contribution in [-0.2, 0) is 22.3 Å². The van der Waals surface area contributed by atoms with Crippen molar-refractivity contribution in [2.45, 2.75) is 50.4 Å². The van der Waals surface area contributed by atoms with Gasteiger partial charge in [-0.3, -0.25) is 9.48 Å². The van der Waals surface area contributed by atoms with E-state index in [1.54, 1.807) is 0 Å². The standard InChI is InChI=1S/C14H17BrF3N3O2/c15-11-12(8-3-4-8)21(20-13(11)14(16,17)18)7-10(22)19-6-9-2-1-5-23-9/h8-9H,1-7H2,(H,19,22)/t9-/m1/s1. The molecule has 1 atom stereocenters. The summed E-state index contributed by atoms with van der Waals surface area (Å²) < 4.78 is 45.5. The Hall–Kier alpha value is -1.09. The van der Waals surface area contributed by atoms with Crippen molar-refractivity contribution in [3.63, 3.8) is 0 Å². The highest BCUT2D eigenvalue weighted by atomic mass is 79.9. The first-order chi connectivity index (χ1) is 10.9. The number of hydrogen-bond acceptors (Lipinski definition) is 3. The number of aromatic nitrogens is 2. The summed E-state index contributed by atoms with van der Waals surface area (Å²) in [4.78, 5) is 12.0. The zero-order chi connectivity index (χ0) is 16.6. The van der Waals surface area contributed by atoms with Gasteiger partial charge in [-0.1, -0.05) is 0 Å². The highest BCUT2D eigenvalue weighted by Crippen LogP contribution is 2.46. The van der Waals surface area contributed by atoms with Crippen LogP contribution in [-0.4, -0.2) is 34.9 Å². The van der Waals surface area contributed by atoms with E-state index in [1.807, 2.05) is 0 Å². The molecule has 0 radical (unpaired) electrons. The van der Waals surface area contributed by atoms with Crippen LogP contribution in [0.3, 0.4) is 0 Å². The lowest BCUT2D eigenvalue weighted by molar-refractivity contribution is -0.142. The number of alkyl halides is 3. The van der Waals surface area contributed by atoms with E-state index in [-0.39, 0.29) is 28.9 Å². The molecule has 2 fully saturated rings. The van der Waals surface area contributed by atoms with E-state index in [0.717, 1.165) is 25.7 Å². The van der Waals surface area contributed by atoms with Gasteiger partial charge in [0, 0.05) is 19.1 Å². The van der Waals surface area contributed by atoms with Gasteiger partial charge in [-0.2, -0.15) is 18.3 Å². The van der Waals surface area contributed by atoms with Crippen molar-refractivity contribution in [2.75, 3.05) is 13.2 Å². The van der Waals surface area contributed by atoms with Gasteiger partial charge in [-0.05, 0) is 41.6 Å². The van der Waals surface area contributed by atoms with Crippen LogP contribution in [0.5, 0.6) is 0 Å². The molecule has 0 spiro atoms. The molecule has 0 unspecified atom stereocenters. The van der Waals surface area contributed by atoms with Crippen LogP contribution in [0, 0.1) is 0 Å². The quantitative estimate of drug-likeness (QED) is 0.833. The lowest BCUT2D eigenvalue weighted by Crippen LogP contribution is -2.34. The highest BCUT2D eigenvalue weighted by Gasteiger charge is 2.41. The molecule has 2 aliphatic rings. The van der Waals surface area contributed by atoms with E-state index in [4.69, 9.17) is 4.74 Å². The van der Waals surface area contributed by atoms with Crippen LogP contribution in [0.2, 0.25) is 0 Å². The van der Waals surface area contributed by atoms with Gasteiger partial charge in [-0.15, -0.1) is 0 Å². The monoisotopic (exact) mass is 395 g/mol. The molecule has 9 heteroatoms. The molecule has 0 aromatic carbocycles. The molecule has 23 heavy (non-hydrogen) atoms. The Labute approximate surface area is 139 Å². The Morgan fingerprint density at radius 3 is 2.70 bits per heavy atom. The predicted molar refractivity (Wildman–Crippen MR) is 78.9 cm³/mol. The number of nitrogens with zero attached hydrogens (tertiary/aromatic N) is 2. The molecule has 1 aliphatic heterocycles. The number of nitrogens with one attached hydrogen (secondary N) is 1. The van der Waals surface area contributed by atoms with E-state index < -0.39 is 11.9 Å². The summed E-state index contributed by atoms with van der Waals surface area (Å²) in [6.07, 6.45) is -1.05. The Bertz CT molecular complexity index is 593. The van der Waals surface area contributed by atoms with E-state index >= 15 is 0 Å². The maximum Gasteiger partial charge on any atom is 0.436 e. The third kappa shape index (κ3) is 3.88. The summed E-state index contributed by atoms with van der Waals surface area (Å²) in [6, 6.07) is 0. The molecular weight excluding hydrogens is 379 g/mol. The van der Waals surface area contributed by atoms with E-state index in [0.29, 0.717) is 18.8 Å². The molecule has 5 nitrogen and oxygen atoms in total. The summed E-state index contributed by atoms with van der Waals surface area (Å²) in [5.74, 6) is -0.315. The molecule has 1 aliphatic carbocycles. The second-order valence-electron chi connectivity index (χ2n) is 5.92. The molecule has 3 rings (SSSR count). The number of carbonyl (C=O) groups is 1. The summed E-state index contributed by atoms with van der Waals surface area (Å²) in [7, 11) is 0. The van der Waals surface area contributed by atoms with E-state index in [2.05, 4.69) is 26.3 Å². The first-order valence-corrected chi connectivity index (χ1v) is 8.37. The number of hydrogen-bond donors (Lipinski definition) is 1. The first-order valence-electron chi connectivity index (χ1n) is 7.58. The third-order valence-electron chi connectivity index (χ3n) is 4.01. The SMILES string of the molecule is O=C(Cn1nc(C(F)(F)F)c(Br)c1C1CC1)NC[C@H]1CCCO1. The smallest absolute Gasteiger partial charge is 0.376 e. The minimum Gasteiger partial charge on any atom is -0.376 e. The molecular formula is C14H17BrF3N3O2. The average molecular weight is 396 g/mol. The van der Waals surface area contributed by atoms with Crippen molar-refractivity contribution < 1.29 is 22.7 Å². The number of carbonyl (C=O) groups excluding carboxylic acids is 1. The normalized spacial score (nSPS) is 21.7. The molecule has 0 bridgehead atoms. The van der Waals surface area contributed by atoms with Crippen LogP contribution in [0.1, 0.15) is 43.0 Å². The fourth-order valence-corrected chi connectivity index (χ4v) is 3.56. The van der Waals surface area contributed by atoms with Crippen LogP contribution < -0.4 is 5.32 Å². The van der Waals surface area contributed by atoms with Gasteiger partial charge in [0.1, 0.15) is 6.54 Å². The Kier molecular flexibility index (Phi) is 4.68. The maximum absolute atomic E-state index is 13.0. The number of ether oxygens (including phenoxy) is 1. The van der Waals surface area contributed by atoms with Gasteiger partial charge in [-0.25, -0.2) is 0 Å². The zero-order valence-corrected chi connectivity index (χ0v) is 13.9. The van der Waals surface area contributed by atoms with Crippen molar-refractivity contribution in [3.8, 4) is 0 Å². The van der Waals surface area contributed by atoms with Crippen LogP contribution in [0.25, 0.3) is 0 Å². The van der Waals surface area contributed by atoms with E-state index in [1.165, 1.54) is 4.68 Å². The number of amides is 1. The molecule has 1 aromatic rings.